The van der Waals surface area contributed by atoms with Crippen LogP contribution in [0.25, 0.3) is 0 Å². The van der Waals surface area contributed by atoms with E-state index in [4.69, 9.17) is 5.73 Å². The molecule has 0 saturated heterocycles. The fraction of sp³-hybridized carbons (Fsp3) is 0.909. The lowest BCUT2D eigenvalue weighted by Crippen LogP contribution is -2.42. The fourth-order valence-corrected chi connectivity index (χ4v) is 2.03. The molecule has 82 valence electrons. The van der Waals surface area contributed by atoms with Gasteiger partial charge in [-0.05, 0) is 25.2 Å². The molecule has 0 aromatic rings. The van der Waals surface area contributed by atoms with E-state index in [-0.39, 0.29) is 11.9 Å². The Hall–Kier alpha value is -0.570. The summed E-state index contributed by atoms with van der Waals surface area (Å²) < 4.78 is 0. The van der Waals surface area contributed by atoms with Crippen LogP contribution in [0.15, 0.2) is 0 Å². The Labute approximate surface area is 86.4 Å². The maximum absolute atomic E-state index is 11.5. The maximum atomic E-state index is 11.5. The number of nitrogens with one attached hydrogen (secondary N) is 1. The Morgan fingerprint density at radius 1 is 1.50 bits per heavy atom. The minimum Gasteiger partial charge on any atom is -0.354 e. The highest BCUT2D eigenvalue weighted by atomic mass is 16.2. The van der Waals surface area contributed by atoms with E-state index in [1.165, 1.54) is 25.7 Å². The molecule has 0 aliphatic heterocycles. The molecular weight excluding hydrogens is 176 g/mol. The van der Waals surface area contributed by atoms with Crippen LogP contribution in [0.4, 0.5) is 0 Å². The molecule has 1 rings (SSSR count). The van der Waals surface area contributed by atoms with Crippen molar-refractivity contribution < 1.29 is 4.79 Å². The van der Waals surface area contributed by atoms with Crippen LogP contribution in [-0.4, -0.2) is 18.5 Å². The average molecular weight is 198 g/mol. The lowest BCUT2D eigenvalue weighted by Gasteiger charge is -2.14. The summed E-state index contributed by atoms with van der Waals surface area (Å²) in [6, 6.07) is -0.304. The second-order valence-electron chi connectivity index (χ2n) is 4.29. The molecule has 0 bridgehead atoms. The number of amides is 1. The van der Waals surface area contributed by atoms with Gasteiger partial charge < -0.3 is 11.1 Å². The van der Waals surface area contributed by atoms with Crippen LogP contribution in [0.3, 0.4) is 0 Å². The third-order valence-corrected chi connectivity index (χ3v) is 2.98. The van der Waals surface area contributed by atoms with Gasteiger partial charge in [-0.15, -0.1) is 0 Å². The van der Waals surface area contributed by atoms with Crippen LogP contribution in [0.5, 0.6) is 0 Å². The normalized spacial score (nSPS) is 19.6. The Kier molecular flexibility index (Phi) is 4.94. The van der Waals surface area contributed by atoms with E-state index in [2.05, 4.69) is 5.32 Å². The molecule has 0 heterocycles. The van der Waals surface area contributed by atoms with Gasteiger partial charge in [0.25, 0.3) is 0 Å². The Morgan fingerprint density at radius 2 is 2.14 bits per heavy atom. The minimum atomic E-state index is -0.304. The van der Waals surface area contributed by atoms with Crippen molar-refractivity contribution in [3.8, 4) is 0 Å². The summed E-state index contributed by atoms with van der Waals surface area (Å²) in [5.74, 6) is 0.728. The molecule has 1 aliphatic carbocycles. The van der Waals surface area contributed by atoms with Crippen LogP contribution < -0.4 is 11.1 Å². The van der Waals surface area contributed by atoms with Gasteiger partial charge >= 0.3 is 0 Å². The van der Waals surface area contributed by atoms with E-state index in [1.807, 2.05) is 6.92 Å². The highest BCUT2D eigenvalue weighted by molar-refractivity contribution is 5.81. The van der Waals surface area contributed by atoms with Crippen molar-refractivity contribution in [3.05, 3.63) is 0 Å². The van der Waals surface area contributed by atoms with E-state index in [1.54, 1.807) is 0 Å². The highest BCUT2D eigenvalue weighted by Crippen LogP contribution is 2.23. The zero-order valence-corrected chi connectivity index (χ0v) is 9.09. The fourth-order valence-electron chi connectivity index (χ4n) is 2.03. The molecule has 1 atom stereocenters. The molecule has 0 spiro atoms. The van der Waals surface area contributed by atoms with Crippen LogP contribution >= 0.6 is 0 Å². The number of hydrogen-bond acceptors (Lipinski definition) is 2. The average Bonchev–Trinajstić information content (AvgIpc) is 2.67. The highest BCUT2D eigenvalue weighted by Gasteiger charge is 2.17. The Morgan fingerprint density at radius 3 is 2.71 bits per heavy atom. The molecule has 14 heavy (non-hydrogen) atoms. The summed E-state index contributed by atoms with van der Waals surface area (Å²) in [6.45, 7) is 2.88. The van der Waals surface area contributed by atoms with Gasteiger partial charge in [-0.3, -0.25) is 4.79 Å². The van der Waals surface area contributed by atoms with E-state index in [0.717, 1.165) is 19.4 Å². The molecule has 0 unspecified atom stereocenters. The largest absolute Gasteiger partial charge is 0.354 e. The number of rotatable bonds is 5. The smallest absolute Gasteiger partial charge is 0.236 e. The van der Waals surface area contributed by atoms with Gasteiger partial charge in [-0.1, -0.05) is 26.2 Å². The van der Waals surface area contributed by atoms with E-state index >= 15 is 0 Å². The van der Waals surface area contributed by atoms with Crippen molar-refractivity contribution in [2.24, 2.45) is 11.7 Å². The van der Waals surface area contributed by atoms with Gasteiger partial charge in [0.15, 0.2) is 0 Å². The second-order valence-corrected chi connectivity index (χ2v) is 4.29. The molecule has 3 heteroatoms. The molecule has 3 nitrogen and oxygen atoms in total. The van der Waals surface area contributed by atoms with Crippen molar-refractivity contribution in [1.82, 2.24) is 5.32 Å². The van der Waals surface area contributed by atoms with Crippen molar-refractivity contribution in [3.63, 3.8) is 0 Å². The van der Waals surface area contributed by atoms with Gasteiger partial charge in [0.2, 0.25) is 5.91 Å². The topological polar surface area (TPSA) is 55.1 Å². The molecule has 0 aromatic carbocycles. The molecular formula is C11H22N2O. The summed E-state index contributed by atoms with van der Waals surface area (Å²) >= 11 is 0. The molecule has 1 saturated carbocycles. The number of nitrogens with two attached hydrogens (primary N) is 1. The maximum Gasteiger partial charge on any atom is 0.236 e. The Balaban J connectivity index is 2.13. The molecule has 3 N–H and O–H groups in total. The lowest BCUT2D eigenvalue weighted by molar-refractivity contribution is -0.122. The summed E-state index contributed by atoms with van der Waals surface area (Å²) in [5.41, 5.74) is 5.70. The first-order valence-corrected chi connectivity index (χ1v) is 5.77. The van der Waals surface area contributed by atoms with Crippen LogP contribution in [0, 0.1) is 5.92 Å². The lowest BCUT2D eigenvalue weighted by atomic mass is 10.1. The molecule has 0 radical (unpaired) electrons. The predicted octanol–water partition coefficient (Wildman–Crippen LogP) is 1.42. The summed E-state index contributed by atoms with van der Waals surface area (Å²) in [7, 11) is 0. The third kappa shape index (κ3) is 3.66. The molecule has 1 aliphatic rings. The summed E-state index contributed by atoms with van der Waals surface area (Å²) in [5, 5.41) is 2.95. The SMILES string of the molecule is CCC[C@@H](N)C(=O)NCC1CCCC1. The first-order chi connectivity index (χ1) is 6.74. The van der Waals surface area contributed by atoms with E-state index in [9.17, 15) is 4.79 Å². The molecule has 1 amide bonds. The van der Waals surface area contributed by atoms with Gasteiger partial charge in [-0.2, -0.15) is 0 Å². The van der Waals surface area contributed by atoms with E-state index < -0.39 is 0 Å². The van der Waals surface area contributed by atoms with Gasteiger partial charge in [0.1, 0.15) is 0 Å². The number of carbonyl (C=O) groups excluding carboxylic acids is 1. The predicted molar refractivity (Wildman–Crippen MR) is 57.9 cm³/mol. The monoisotopic (exact) mass is 198 g/mol. The second kappa shape index (κ2) is 6.02. The van der Waals surface area contributed by atoms with Crippen molar-refractivity contribution in [1.29, 1.82) is 0 Å². The van der Waals surface area contributed by atoms with Crippen molar-refractivity contribution in [2.75, 3.05) is 6.54 Å². The minimum absolute atomic E-state index is 0.0266. The van der Waals surface area contributed by atoms with E-state index in [0.29, 0.717) is 5.92 Å². The van der Waals surface area contributed by atoms with Crippen LogP contribution in [0.2, 0.25) is 0 Å². The standard InChI is InChI=1S/C11H22N2O/c1-2-5-10(12)11(14)13-8-9-6-3-4-7-9/h9-10H,2-8,12H2,1H3,(H,13,14)/t10-/m1/s1. The van der Waals surface area contributed by atoms with Crippen LogP contribution in [0.1, 0.15) is 45.4 Å². The van der Waals surface area contributed by atoms with Gasteiger partial charge in [0, 0.05) is 6.54 Å². The quantitative estimate of drug-likeness (QED) is 0.702. The van der Waals surface area contributed by atoms with Crippen molar-refractivity contribution in [2.45, 2.75) is 51.5 Å². The zero-order chi connectivity index (χ0) is 10.4. The summed E-state index contributed by atoms with van der Waals surface area (Å²) in [4.78, 5) is 11.5. The van der Waals surface area contributed by atoms with Gasteiger partial charge in [-0.25, -0.2) is 0 Å². The zero-order valence-electron chi connectivity index (χ0n) is 9.09. The first-order valence-electron chi connectivity index (χ1n) is 5.77. The molecule has 0 aromatic heterocycles. The number of carbonyl (C=O) groups is 1. The molecule has 1 fully saturated rings. The van der Waals surface area contributed by atoms with Gasteiger partial charge in [0.05, 0.1) is 6.04 Å². The Bertz CT molecular complexity index is 176. The first kappa shape index (κ1) is 11.5. The van der Waals surface area contributed by atoms with Crippen LogP contribution in [-0.2, 0) is 4.79 Å². The third-order valence-electron chi connectivity index (χ3n) is 2.98. The van der Waals surface area contributed by atoms with Crippen molar-refractivity contribution >= 4 is 5.91 Å². The summed E-state index contributed by atoms with van der Waals surface area (Å²) in [6.07, 6.45) is 6.93. The number of hydrogen-bond donors (Lipinski definition) is 2.